The highest BCUT2D eigenvalue weighted by molar-refractivity contribution is 6.05. The van der Waals surface area contributed by atoms with Gasteiger partial charge < -0.3 is 14.8 Å². The molecule has 23 heavy (non-hydrogen) atoms. The normalized spacial score (nSPS) is 10.0. The number of esters is 1. The van der Waals surface area contributed by atoms with Crippen molar-refractivity contribution in [2.24, 2.45) is 0 Å². The fourth-order valence-corrected chi connectivity index (χ4v) is 1.94. The number of nitrogens with zero attached hydrogens (tertiary/aromatic N) is 1. The number of carbonyl (C=O) groups excluding carboxylic acids is 2. The number of ether oxygens (including phenoxy) is 2. The molecule has 0 bridgehead atoms. The third-order valence-corrected chi connectivity index (χ3v) is 2.98. The minimum Gasteiger partial charge on any atom is -0.492 e. The Morgan fingerprint density at radius 3 is 2.43 bits per heavy atom. The van der Waals surface area contributed by atoms with E-state index in [9.17, 15) is 9.59 Å². The van der Waals surface area contributed by atoms with E-state index in [-0.39, 0.29) is 5.91 Å². The van der Waals surface area contributed by atoms with E-state index in [1.165, 1.54) is 0 Å². The van der Waals surface area contributed by atoms with Crippen LogP contribution in [0, 0.1) is 0 Å². The molecule has 0 aliphatic heterocycles. The van der Waals surface area contributed by atoms with Crippen LogP contribution in [0.25, 0.3) is 0 Å². The Morgan fingerprint density at radius 1 is 1.04 bits per heavy atom. The molecular formula is C17H18N2O4. The number of anilines is 1. The van der Waals surface area contributed by atoms with Gasteiger partial charge in [0.15, 0.2) is 0 Å². The zero-order valence-corrected chi connectivity index (χ0v) is 13.0. The van der Waals surface area contributed by atoms with Crippen molar-refractivity contribution in [3.8, 4) is 5.75 Å². The molecule has 1 heterocycles. The molecule has 6 heteroatoms. The summed E-state index contributed by atoms with van der Waals surface area (Å²) in [5.74, 6) is -0.293. The maximum Gasteiger partial charge on any atom is 0.338 e. The quantitative estimate of drug-likeness (QED) is 0.830. The van der Waals surface area contributed by atoms with Crippen molar-refractivity contribution in [1.82, 2.24) is 4.98 Å². The number of rotatable bonds is 6. The number of benzene rings is 1. The summed E-state index contributed by atoms with van der Waals surface area (Å²) in [6, 6.07) is 7.99. The Bertz CT molecular complexity index is 686. The highest BCUT2D eigenvalue weighted by Gasteiger charge is 2.14. The van der Waals surface area contributed by atoms with Gasteiger partial charge in [0.05, 0.1) is 24.5 Å². The van der Waals surface area contributed by atoms with E-state index < -0.39 is 5.97 Å². The number of amides is 1. The van der Waals surface area contributed by atoms with E-state index in [1.54, 1.807) is 49.6 Å². The SMILES string of the molecule is CCOC(=O)c1ccc(NC(=O)c2ccncc2)c(OCC)c1. The van der Waals surface area contributed by atoms with Crippen LogP contribution in [0.2, 0.25) is 0 Å². The zero-order chi connectivity index (χ0) is 16.7. The first-order chi connectivity index (χ1) is 11.2. The zero-order valence-electron chi connectivity index (χ0n) is 13.0. The minimum atomic E-state index is -0.430. The van der Waals surface area contributed by atoms with Gasteiger partial charge >= 0.3 is 5.97 Å². The molecule has 0 radical (unpaired) electrons. The highest BCUT2D eigenvalue weighted by Crippen LogP contribution is 2.27. The van der Waals surface area contributed by atoms with Gasteiger partial charge in [0.2, 0.25) is 0 Å². The number of aromatic nitrogens is 1. The lowest BCUT2D eigenvalue weighted by Gasteiger charge is -2.13. The predicted octanol–water partition coefficient (Wildman–Crippen LogP) is 2.91. The number of carbonyl (C=O) groups is 2. The van der Waals surface area contributed by atoms with Crippen LogP contribution in [0.5, 0.6) is 5.75 Å². The number of hydrogen-bond acceptors (Lipinski definition) is 5. The monoisotopic (exact) mass is 314 g/mol. The number of pyridine rings is 1. The average molecular weight is 314 g/mol. The Hall–Kier alpha value is -2.89. The van der Waals surface area contributed by atoms with Crippen LogP contribution < -0.4 is 10.1 Å². The Morgan fingerprint density at radius 2 is 1.78 bits per heavy atom. The van der Waals surface area contributed by atoms with Crippen molar-refractivity contribution in [2.45, 2.75) is 13.8 Å². The molecule has 0 saturated heterocycles. The highest BCUT2D eigenvalue weighted by atomic mass is 16.5. The number of nitrogens with one attached hydrogen (secondary N) is 1. The molecule has 6 nitrogen and oxygen atoms in total. The molecule has 0 aliphatic rings. The van der Waals surface area contributed by atoms with Crippen molar-refractivity contribution < 1.29 is 19.1 Å². The molecule has 0 spiro atoms. The summed E-state index contributed by atoms with van der Waals surface area (Å²) in [5.41, 5.74) is 1.34. The van der Waals surface area contributed by atoms with Gasteiger partial charge in [-0.25, -0.2) is 4.79 Å². The second-order valence-corrected chi connectivity index (χ2v) is 4.55. The third-order valence-electron chi connectivity index (χ3n) is 2.98. The van der Waals surface area contributed by atoms with E-state index in [1.807, 2.05) is 6.92 Å². The molecule has 120 valence electrons. The summed E-state index contributed by atoms with van der Waals surface area (Å²) in [7, 11) is 0. The maximum atomic E-state index is 12.2. The predicted molar refractivity (Wildman–Crippen MR) is 85.8 cm³/mol. The smallest absolute Gasteiger partial charge is 0.338 e. The summed E-state index contributed by atoms with van der Waals surface area (Å²) in [6.45, 7) is 4.27. The third kappa shape index (κ3) is 4.29. The van der Waals surface area contributed by atoms with E-state index >= 15 is 0 Å². The van der Waals surface area contributed by atoms with Gasteiger partial charge in [0.25, 0.3) is 5.91 Å². The van der Waals surface area contributed by atoms with E-state index in [2.05, 4.69) is 10.3 Å². The van der Waals surface area contributed by atoms with Gasteiger partial charge in [-0.2, -0.15) is 0 Å². The lowest BCUT2D eigenvalue weighted by molar-refractivity contribution is 0.0526. The Balaban J connectivity index is 2.24. The molecule has 1 amide bonds. The summed E-state index contributed by atoms with van der Waals surface area (Å²) in [5, 5.41) is 2.77. The van der Waals surface area contributed by atoms with Crippen molar-refractivity contribution in [3.63, 3.8) is 0 Å². The maximum absolute atomic E-state index is 12.2. The van der Waals surface area contributed by atoms with Crippen molar-refractivity contribution >= 4 is 17.6 Å². The van der Waals surface area contributed by atoms with Gasteiger partial charge in [0.1, 0.15) is 5.75 Å². The van der Waals surface area contributed by atoms with Crippen LogP contribution in [0.3, 0.4) is 0 Å². The van der Waals surface area contributed by atoms with Crippen LogP contribution in [-0.2, 0) is 4.74 Å². The molecule has 1 aromatic heterocycles. The fraction of sp³-hybridized carbons (Fsp3) is 0.235. The molecule has 2 rings (SSSR count). The van der Waals surface area contributed by atoms with Crippen molar-refractivity contribution in [2.75, 3.05) is 18.5 Å². The molecule has 2 aromatic rings. The average Bonchev–Trinajstić information content (AvgIpc) is 2.57. The summed E-state index contributed by atoms with van der Waals surface area (Å²) >= 11 is 0. The molecule has 1 aromatic carbocycles. The summed E-state index contributed by atoms with van der Waals surface area (Å²) in [4.78, 5) is 27.9. The lowest BCUT2D eigenvalue weighted by atomic mass is 10.1. The lowest BCUT2D eigenvalue weighted by Crippen LogP contribution is -2.13. The molecule has 0 fully saturated rings. The Labute approximate surface area is 134 Å². The number of hydrogen-bond donors (Lipinski definition) is 1. The van der Waals surface area contributed by atoms with Crippen molar-refractivity contribution in [3.05, 3.63) is 53.9 Å². The topological polar surface area (TPSA) is 77.5 Å². The van der Waals surface area contributed by atoms with Gasteiger partial charge in [-0.15, -0.1) is 0 Å². The summed E-state index contributed by atoms with van der Waals surface area (Å²) < 4.78 is 10.5. The fourth-order valence-electron chi connectivity index (χ4n) is 1.94. The van der Waals surface area contributed by atoms with E-state index in [0.29, 0.717) is 35.8 Å². The van der Waals surface area contributed by atoms with Gasteiger partial charge in [-0.05, 0) is 44.2 Å². The molecular weight excluding hydrogens is 296 g/mol. The van der Waals surface area contributed by atoms with Gasteiger partial charge in [-0.1, -0.05) is 0 Å². The van der Waals surface area contributed by atoms with E-state index in [4.69, 9.17) is 9.47 Å². The first kappa shape index (κ1) is 16.5. The Kier molecular flexibility index (Phi) is 5.68. The van der Waals surface area contributed by atoms with Crippen molar-refractivity contribution in [1.29, 1.82) is 0 Å². The van der Waals surface area contributed by atoms with Crippen LogP contribution in [-0.4, -0.2) is 30.1 Å². The van der Waals surface area contributed by atoms with Crippen LogP contribution in [0.4, 0.5) is 5.69 Å². The molecule has 1 N–H and O–H groups in total. The van der Waals surface area contributed by atoms with Crippen LogP contribution in [0.15, 0.2) is 42.7 Å². The second-order valence-electron chi connectivity index (χ2n) is 4.55. The largest absolute Gasteiger partial charge is 0.492 e. The molecule has 0 unspecified atom stereocenters. The van der Waals surface area contributed by atoms with E-state index in [0.717, 1.165) is 0 Å². The molecule has 0 atom stereocenters. The minimum absolute atomic E-state index is 0.280. The van der Waals surface area contributed by atoms with Crippen LogP contribution in [0.1, 0.15) is 34.6 Å². The summed E-state index contributed by atoms with van der Waals surface area (Å²) in [6.07, 6.45) is 3.09. The van der Waals surface area contributed by atoms with Gasteiger partial charge in [0, 0.05) is 18.0 Å². The first-order valence-electron chi connectivity index (χ1n) is 7.31. The first-order valence-corrected chi connectivity index (χ1v) is 7.31. The molecule has 0 aliphatic carbocycles. The second kappa shape index (κ2) is 7.93. The van der Waals surface area contributed by atoms with Crippen LogP contribution >= 0.6 is 0 Å². The molecule has 0 saturated carbocycles. The standard InChI is InChI=1S/C17H18N2O4/c1-3-22-15-11-13(17(21)23-4-2)5-6-14(15)19-16(20)12-7-9-18-10-8-12/h5-11H,3-4H2,1-2H3,(H,19,20). The van der Waals surface area contributed by atoms with Gasteiger partial charge in [-0.3, -0.25) is 9.78 Å².